The first-order valence-electron chi connectivity index (χ1n) is 5.77. The Hall–Kier alpha value is 0.140. The highest BCUT2D eigenvalue weighted by Gasteiger charge is 2.24. The predicted molar refractivity (Wildman–Crippen MR) is 75.7 cm³/mol. The van der Waals surface area contributed by atoms with Gasteiger partial charge in [-0.15, -0.1) is 0 Å². The van der Waals surface area contributed by atoms with Gasteiger partial charge in [-0.3, -0.25) is 0 Å². The Morgan fingerprint density at radius 1 is 1.25 bits per heavy atom. The number of hydrogen-bond donors (Lipinski definition) is 1. The maximum Gasteiger partial charge on any atom is 0.0334 e. The van der Waals surface area contributed by atoms with Gasteiger partial charge in [-0.25, -0.2) is 0 Å². The molecule has 1 aromatic rings. The summed E-state index contributed by atoms with van der Waals surface area (Å²) >= 11 is 7.37. The van der Waals surface area contributed by atoms with Crippen LogP contribution in [0.25, 0.3) is 0 Å². The third-order valence-corrected chi connectivity index (χ3v) is 4.90. The monoisotopic (exact) mass is 345 g/mol. The number of halogens is 2. The summed E-state index contributed by atoms with van der Waals surface area (Å²) in [6.45, 7) is 2.35. The highest BCUT2D eigenvalue weighted by Crippen LogP contribution is 2.39. The van der Waals surface area contributed by atoms with Crippen LogP contribution in [0.4, 0.5) is 0 Å². The molecule has 1 nitrogen and oxygen atoms in total. The van der Waals surface area contributed by atoms with Crippen LogP contribution in [0.3, 0.4) is 0 Å². The van der Waals surface area contributed by atoms with Crippen LogP contribution < -0.4 is 5.32 Å². The Bertz CT molecular complexity index is 390. The molecule has 0 aliphatic heterocycles. The molecule has 0 aromatic heterocycles. The van der Waals surface area contributed by atoms with E-state index in [2.05, 4.69) is 63.3 Å². The van der Waals surface area contributed by atoms with E-state index in [0.29, 0.717) is 6.04 Å². The predicted octanol–water partition coefficient (Wildman–Crippen LogP) is 4.44. The molecule has 0 saturated heterocycles. The maximum atomic E-state index is 3.69. The third-order valence-electron chi connectivity index (χ3n) is 3.47. The van der Waals surface area contributed by atoms with Gasteiger partial charge < -0.3 is 5.32 Å². The molecule has 2 atom stereocenters. The molecule has 16 heavy (non-hydrogen) atoms. The number of rotatable bonds is 1. The topological polar surface area (TPSA) is 12.0 Å². The fourth-order valence-corrected chi connectivity index (χ4v) is 3.72. The van der Waals surface area contributed by atoms with Crippen molar-refractivity contribution in [3.63, 3.8) is 0 Å². The molecule has 0 spiro atoms. The lowest BCUT2D eigenvalue weighted by molar-refractivity contribution is 0.427. The van der Waals surface area contributed by atoms with Gasteiger partial charge in [0.05, 0.1) is 0 Å². The van der Waals surface area contributed by atoms with Crippen molar-refractivity contribution in [1.82, 2.24) is 5.32 Å². The lowest BCUT2D eigenvalue weighted by atomic mass is 9.97. The minimum Gasteiger partial charge on any atom is -0.313 e. The van der Waals surface area contributed by atoms with Crippen molar-refractivity contribution in [2.75, 3.05) is 7.05 Å². The molecular weight excluding hydrogens is 330 g/mol. The first-order chi connectivity index (χ1) is 7.63. The SMILES string of the molecule is CNC1CC(C)CCc2c(Br)ccc(Br)c21. The molecule has 0 radical (unpaired) electrons. The molecule has 0 bridgehead atoms. The van der Waals surface area contributed by atoms with E-state index in [1.54, 1.807) is 0 Å². The summed E-state index contributed by atoms with van der Waals surface area (Å²) in [6.07, 6.45) is 3.67. The Kier molecular flexibility index (Phi) is 4.09. The van der Waals surface area contributed by atoms with E-state index in [4.69, 9.17) is 0 Å². The summed E-state index contributed by atoms with van der Waals surface area (Å²) in [4.78, 5) is 0. The maximum absolute atomic E-state index is 3.69. The number of hydrogen-bond acceptors (Lipinski definition) is 1. The van der Waals surface area contributed by atoms with Gasteiger partial charge in [0.25, 0.3) is 0 Å². The van der Waals surface area contributed by atoms with Gasteiger partial charge in [-0.05, 0) is 55.5 Å². The Morgan fingerprint density at radius 2 is 1.94 bits per heavy atom. The molecule has 0 heterocycles. The second-order valence-corrected chi connectivity index (χ2v) is 6.35. The first-order valence-corrected chi connectivity index (χ1v) is 7.36. The summed E-state index contributed by atoms with van der Waals surface area (Å²) < 4.78 is 2.49. The molecule has 1 aliphatic rings. The average Bonchev–Trinajstić information content (AvgIpc) is 2.44. The smallest absolute Gasteiger partial charge is 0.0334 e. The minimum atomic E-state index is 0.472. The Labute approximate surface area is 114 Å². The van der Waals surface area contributed by atoms with Gasteiger partial charge in [0.15, 0.2) is 0 Å². The highest BCUT2D eigenvalue weighted by molar-refractivity contribution is 9.11. The van der Waals surface area contributed by atoms with Crippen molar-refractivity contribution in [3.05, 3.63) is 32.2 Å². The molecule has 2 rings (SSSR count). The summed E-state index contributed by atoms with van der Waals surface area (Å²) in [5, 5.41) is 3.45. The molecule has 1 aliphatic carbocycles. The van der Waals surface area contributed by atoms with Crippen molar-refractivity contribution in [2.24, 2.45) is 5.92 Å². The first kappa shape index (κ1) is 12.6. The molecule has 3 heteroatoms. The number of fused-ring (bicyclic) bond motifs is 1. The van der Waals surface area contributed by atoms with E-state index >= 15 is 0 Å². The van der Waals surface area contributed by atoms with E-state index < -0.39 is 0 Å². The summed E-state index contributed by atoms with van der Waals surface area (Å²) in [7, 11) is 2.06. The fourth-order valence-electron chi connectivity index (χ4n) is 2.53. The Morgan fingerprint density at radius 3 is 2.62 bits per heavy atom. The second kappa shape index (κ2) is 5.19. The van der Waals surface area contributed by atoms with Crippen molar-refractivity contribution in [1.29, 1.82) is 0 Å². The van der Waals surface area contributed by atoms with Crippen LogP contribution in [-0.2, 0) is 6.42 Å². The van der Waals surface area contributed by atoms with E-state index in [1.807, 2.05) is 0 Å². The van der Waals surface area contributed by atoms with Crippen LogP contribution in [0, 0.1) is 5.92 Å². The normalized spacial score (nSPS) is 25.0. The van der Waals surface area contributed by atoms with Crippen LogP contribution in [0.15, 0.2) is 21.1 Å². The highest BCUT2D eigenvalue weighted by atomic mass is 79.9. The minimum absolute atomic E-state index is 0.472. The molecule has 0 amide bonds. The lowest BCUT2D eigenvalue weighted by Crippen LogP contribution is -2.19. The molecule has 2 unspecified atom stereocenters. The summed E-state index contributed by atoms with van der Waals surface area (Å²) in [5.41, 5.74) is 2.92. The van der Waals surface area contributed by atoms with Gasteiger partial charge in [-0.1, -0.05) is 38.8 Å². The van der Waals surface area contributed by atoms with Crippen molar-refractivity contribution in [3.8, 4) is 0 Å². The zero-order valence-electron chi connectivity index (χ0n) is 9.69. The molecule has 0 fully saturated rings. The zero-order chi connectivity index (χ0) is 11.7. The van der Waals surface area contributed by atoms with Crippen LogP contribution in [-0.4, -0.2) is 7.05 Å². The van der Waals surface area contributed by atoms with Gasteiger partial charge in [0.2, 0.25) is 0 Å². The standard InChI is InChI=1S/C13H17Br2N/c1-8-3-4-9-10(14)5-6-11(15)13(9)12(7-8)16-2/h5-6,8,12,16H,3-4,7H2,1-2H3. The van der Waals surface area contributed by atoms with E-state index in [9.17, 15) is 0 Å². The molecular formula is C13H17Br2N. The molecule has 1 aromatic carbocycles. The van der Waals surface area contributed by atoms with E-state index in [-0.39, 0.29) is 0 Å². The largest absolute Gasteiger partial charge is 0.313 e. The van der Waals surface area contributed by atoms with Gasteiger partial charge >= 0.3 is 0 Å². The molecule has 0 saturated carbocycles. The van der Waals surface area contributed by atoms with Gasteiger partial charge in [0, 0.05) is 15.0 Å². The number of nitrogens with one attached hydrogen (secondary N) is 1. The molecule has 88 valence electrons. The zero-order valence-corrected chi connectivity index (χ0v) is 12.9. The lowest BCUT2D eigenvalue weighted by Gasteiger charge is -2.20. The molecule has 1 N–H and O–H groups in total. The fraction of sp³-hybridized carbons (Fsp3) is 0.538. The second-order valence-electron chi connectivity index (χ2n) is 4.64. The summed E-state index contributed by atoms with van der Waals surface area (Å²) in [5.74, 6) is 0.781. The van der Waals surface area contributed by atoms with Gasteiger partial charge in [-0.2, -0.15) is 0 Å². The van der Waals surface area contributed by atoms with E-state index in [1.165, 1.54) is 39.3 Å². The summed E-state index contributed by atoms with van der Waals surface area (Å²) in [6, 6.07) is 4.76. The number of benzene rings is 1. The van der Waals surface area contributed by atoms with Crippen LogP contribution >= 0.6 is 31.9 Å². The average molecular weight is 347 g/mol. The van der Waals surface area contributed by atoms with Crippen LogP contribution in [0.1, 0.15) is 36.9 Å². The van der Waals surface area contributed by atoms with E-state index in [0.717, 1.165) is 5.92 Å². The van der Waals surface area contributed by atoms with Crippen molar-refractivity contribution in [2.45, 2.75) is 32.2 Å². The van der Waals surface area contributed by atoms with Gasteiger partial charge in [0.1, 0.15) is 0 Å². The van der Waals surface area contributed by atoms with Crippen molar-refractivity contribution < 1.29 is 0 Å². The van der Waals surface area contributed by atoms with Crippen LogP contribution in [0.2, 0.25) is 0 Å². The Balaban J connectivity index is 2.52. The van der Waals surface area contributed by atoms with Crippen LogP contribution in [0.5, 0.6) is 0 Å². The third kappa shape index (κ3) is 2.36. The quantitative estimate of drug-likeness (QED) is 0.741. The van der Waals surface area contributed by atoms with Crippen molar-refractivity contribution >= 4 is 31.9 Å².